The molecular formula is C16H20N8O. The molecule has 3 aromatic heterocycles. The molecule has 0 radical (unpaired) electrons. The molecule has 0 atom stereocenters. The molecule has 0 spiro atoms. The molecule has 9 heteroatoms. The van der Waals surface area contributed by atoms with Crippen LogP contribution in [0.1, 0.15) is 40.9 Å². The first kappa shape index (κ1) is 15.6. The lowest BCUT2D eigenvalue weighted by molar-refractivity contribution is 0.0898. The Kier molecular flexibility index (Phi) is 3.83. The van der Waals surface area contributed by atoms with E-state index in [0.29, 0.717) is 18.2 Å². The molecule has 1 aliphatic carbocycles. The monoisotopic (exact) mass is 340 g/mol. The van der Waals surface area contributed by atoms with E-state index >= 15 is 0 Å². The zero-order chi connectivity index (χ0) is 17.4. The van der Waals surface area contributed by atoms with Crippen molar-refractivity contribution < 1.29 is 4.79 Å². The van der Waals surface area contributed by atoms with E-state index in [9.17, 15) is 4.79 Å². The van der Waals surface area contributed by atoms with Gasteiger partial charge in [-0.05, 0) is 18.9 Å². The number of aromatic nitrogens is 7. The number of imidazole rings is 1. The first-order valence-corrected chi connectivity index (χ1v) is 8.24. The van der Waals surface area contributed by atoms with Gasteiger partial charge >= 0.3 is 0 Å². The molecule has 0 saturated heterocycles. The average Bonchev–Trinajstić information content (AvgIpc) is 3.27. The average molecular weight is 340 g/mol. The van der Waals surface area contributed by atoms with Gasteiger partial charge in [0, 0.05) is 38.4 Å². The fourth-order valence-corrected chi connectivity index (χ4v) is 3.19. The van der Waals surface area contributed by atoms with E-state index in [1.807, 2.05) is 35.6 Å². The van der Waals surface area contributed by atoms with Crippen LogP contribution in [0, 0.1) is 0 Å². The number of carbonyl (C=O) groups is 1. The number of amides is 1. The molecule has 1 saturated carbocycles. The summed E-state index contributed by atoms with van der Waals surface area (Å²) < 4.78 is 5.58. The molecule has 130 valence electrons. The number of rotatable bonds is 5. The summed E-state index contributed by atoms with van der Waals surface area (Å²) in [6.45, 7) is 0.601. The van der Waals surface area contributed by atoms with Crippen molar-refractivity contribution in [1.29, 1.82) is 0 Å². The number of carbonyl (C=O) groups excluding carboxylic acids is 1. The van der Waals surface area contributed by atoms with Crippen LogP contribution >= 0.6 is 0 Å². The third-order valence-electron chi connectivity index (χ3n) is 4.75. The van der Waals surface area contributed by atoms with Gasteiger partial charge in [0.2, 0.25) is 0 Å². The highest BCUT2D eigenvalue weighted by Gasteiger charge is 2.35. The van der Waals surface area contributed by atoms with Crippen LogP contribution in [0.4, 0.5) is 0 Å². The quantitative estimate of drug-likeness (QED) is 0.728. The maximum Gasteiger partial charge on any atom is 0.269 e. The molecule has 1 N–H and O–H groups in total. The van der Waals surface area contributed by atoms with Crippen LogP contribution in [0.5, 0.6) is 0 Å². The summed E-state index contributed by atoms with van der Waals surface area (Å²) in [5, 5.41) is 15.9. The van der Waals surface area contributed by atoms with Gasteiger partial charge in [0.1, 0.15) is 18.1 Å². The van der Waals surface area contributed by atoms with Gasteiger partial charge in [0.05, 0.1) is 12.5 Å². The highest BCUT2D eigenvalue weighted by molar-refractivity contribution is 5.92. The van der Waals surface area contributed by atoms with Crippen molar-refractivity contribution in [3.8, 4) is 0 Å². The van der Waals surface area contributed by atoms with Crippen molar-refractivity contribution in [1.82, 2.24) is 39.4 Å². The molecule has 0 unspecified atom stereocenters. The van der Waals surface area contributed by atoms with Crippen molar-refractivity contribution >= 4 is 5.91 Å². The van der Waals surface area contributed by atoms with E-state index in [1.165, 1.54) is 0 Å². The third-order valence-corrected chi connectivity index (χ3v) is 4.75. The second-order valence-electron chi connectivity index (χ2n) is 6.47. The minimum Gasteiger partial charge on any atom is -0.348 e. The molecule has 9 nitrogen and oxygen atoms in total. The number of nitrogens with zero attached hydrogens (tertiary/aromatic N) is 7. The molecule has 3 aromatic rings. The standard InChI is InChI=1S/C16H20N8O/c1-22-10-17-8-13(22)16(25)19-12-6-11(7-12)15-21-20-14(23(15)2)9-24-5-3-4-18-24/h3-5,8,10-12H,6-7,9H2,1-2H3,(H,19,25). The molecule has 3 heterocycles. The summed E-state index contributed by atoms with van der Waals surface area (Å²) in [5.74, 6) is 2.08. The Hall–Kier alpha value is -2.97. The van der Waals surface area contributed by atoms with Crippen molar-refractivity contribution in [3.63, 3.8) is 0 Å². The predicted molar refractivity (Wildman–Crippen MR) is 88.8 cm³/mol. The lowest BCUT2D eigenvalue weighted by atomic mass is 9.79. The van der Waals surface area contributed by atoms with Crippen LogP contribution < -0.4 is 5.32 Å². The maximum atomic E-state index is 12.2. The number of hydrogen-bond donors (Lipinski definition) is 1. The highest BCUT2D eigenvalue weighted by atomic mass is 16.2. The van der Waals surface area contributed by atoms with Crippen LogP contribution in [0.2, 0.25) is 0 Å². The molecule has 25 heavy (non-hydrogen) atoms. The summed E-state index contributed by atoms with van der Waals surface area (Å²) >= 11 is 0. The Morgan fingerprint density at radius 2 is 2.16 bits per heavy atom. The molecule has 1 fully saturated rings. The van der Waals surface area contributed by atoms with Gasteiger partial charge in [0.15, 0.2) is 5.82 Å². The van der Waals surface area contributed by atoms with E-state index in [4.69, 9.17) is 0 Å². The minimum absolute atomic E-state index is 0.0826. The molecular weight excluding hydrogens is 320 g/mol. The molecule has 0 bridgehead atoms. The van der Waals surface area contributed by atoms with Gasteiger partial charge < -0.3 is 14.5 Å². The van der Waals surface area contributed by atoms with E-state index in [0.717, 1.165) is 24.5 Å². The van der Waals surface area contributed by atoms with Gasteiger partial charge in [-0.15, -0.1) is 10.2 Å². The summed E-state index contributed by atoms with van der Waals surface area (Å²) in [4.78, 5) is 16.2. The third kappa shape index (κ3) is 2.92. The highest BCUT2D eigenvalue weighted by Crippen LogP contribution is 2.36. The fraction of sp³-hybridized carbons (Fsp3) is 0.438. The van der Waals surface area contributed by atoms with Crippen molar-refractivity contribution in [3.05, 3.63) is 48.3 Å². The predicted octanol–water partition coefficient (Wildman–Crippen LogP) is 0.469. The maximum absolute atomic E-state index is 12.2. The first-order chi connectivity index (χ1) is 12.1. The van der Waals surface area contributed by atoms with Crippen LogP contribution in [0.15, 0.2) is 31.0 Å². The Bertz CT molecular complexity index is 872. The summed E-state index contributed by atoms with van der Waals surface area (Å²) in [7, 11) is 3.79. The summed E-state index contributed by atoms with van der Waals surface area (Å²) in [6.07, 6.45) is 8.60. The van der Waals surface area contributed by atoms with Gasteiger partial charge in [-0.1, -0.05) is 0 Å². The van der Waals surface area contributed by atoms with E-state index in [2.05, 4.69) is 25.6 Å². The number of nitrogens with one attached hydrogen (secondary N) is 1. The Morgan fingerprint density at radius 1 is 1.32 bits per heavy atom. The zero-order valence-electron chi connectivity index (χ0n) is 14.2. The normalized spacial score (nSPS) is 19.6. The van der Waals surface area contributed by atoms with E-state index in [1.54, 1.807) is 23.3 Å². The Morgan fingerprint density at radius 3 is 2.84 bits per heavy atom. The van der Waals surface area contributed by atoms with Crippen LogP contribution in [0.25, 0.3) is 0 Å². The largest absolute Gasteiger partial charge is 0.348 e. The second kappa shape index (κ2) is 6.15. The minimum atomic E-state index is -0.0826. The van der Waals surface area contributed by atoms with Crippen LogP contribution in [-0.4, -0.2) is 46.0 Å². The second-order valence-corrected chi connectivity index (χ2v) is 6.47. The number of hydrogen-bond acceptors (Lipinski definition) is 5. The molecule has 1 amide bonds. The van der Waals surface area contributed by atoms with Gasteiger partial charge in [-0.25, -0.2) is 4.98 Å². The zero-order valence-corrected chi connectivity index (χ0v) is 14.2. The smallest absolute Gasteiger partial charge is 0.269 e. The van der Waals surface area contributed by atoms with Gasteiger partial charge in [0.25, 0.3) is 5.91 Å². The topological polar surface area (TPSA) is 95.4 Å². The lowest BCUT2D eigenvalue weighted by Gasteiger charge is -2.35. The van der Waals surface area contributed by atoms with Crippen molar-refractivity contribution in [2.45, 2.75) is 31.3 Å². The summed E-state index contributed by atoms with van der Waals surface area (Å²) in [5.41, 5.74) is 0.573. The van der Waals surface area contributed by atoms with Crippen molar-refractivity contribution in [2.75, 3.05) is 0 Å². The number of aryl methyl sites for hydroxylation is 1. The van der Waals surface area contributed by atoms with E-state index < -0.39 is 0 Å². The molecule has 0 aliphatic heterocycles. The summed E-state index contributed by atoms with van der Waals surface area (Å²) in [6, 6.07) is 2.05. The van der Waals surface area contributed by atoms with Gasteiger partial charge in [-0.3, -0.25) is 9.48 Å². The molecule has 1 aliphatic rings. The Balaban J connectivity index is 1.35. The SMILES string of the molecule is Cn1cncc1C(=O)NC1CC(c2nnc(Cn3cccn3)n2C)C1. The fourth-order valence-electron chi connectivity index (χ4n) is 3.19. The molecule has 4 rings (SSSR count). The van der Waals surface area contributed by atoms with Crippen LogP contribution in [-0.2, 0) is 20.6 Å². The lowest BCUT2D eigenvalue weighted by Crippen LogP contribution is -2.44. The van der Waals surface area contributed by atoms with Crippen molar-refractivity contribution in [2.24, 2.45) is 14.1 Å². The van der Waals surface area contributed by atoms with Gasteiger partial charge in [-0.2, -0.15) is 5.10 Å². The van der Waals surface area contributed by atoms with Crippen LogP contribution in [0.3, 0.4) is 0 Å². The van der Waals surface area contributed by atoms with E-state index in [-0.39, 0.29) is 11.9 Å². The first-order valence-electron chi connectivity index (χ1n) is 8.24. The Labute approximate surface area is 144 Å². The molecule has 0 aromatic carbocycles.